The van der Waals surface area contributed by atoms with Gasteiger partial charge in [-0.2, -0.15) is 13.4 Å². The van der Waals surface area contributed by atoms with Crippen molar-refractivity contribution < 1.29 is 31.1 Å². The van der Waals surface area contributed by atoms with E-state index in [2.05, 4.69) is 20.3 Å². The van der Waals surface area contributed by atoms with E-state index in [1.165, 1.54) is 31.5 Å². The molecule has 3 aromatic rings. The number of fused-ring (bicyclic) bond motifs is 1. The van der Waals surface area contributed by atoms with Gasteiger partial charge in [0.2, 0.25) is 11.8 Å². The Kier molecular flexibility index (Phi) is 6.23. The Morgan fingerprint density at radius 3 is 2.50 bits per heavy atom. The molecule has 0 radical (unpaired) electrons. The number of amides is 2. The molecular formula is C17H20N6O7S2. The molecule has 32 heavy (non-hydrogen) atoms. The zero-order valence-corrected chi connectivity index (χ0v) is 19.1. The fraction of sp³-hybridized carbons (Fsp3) is 0.294. The molecule has 0 saturated heterocycles. The fourth-order valence-electron chi connectivity index (χ4n) is 2.72. The summed E-state index contributed by atoms with van der Waals surface area (Å²) in [7, 11) is -7.43. The van der Waals surface area contributed by atoms with Crippen LogP contribution in [-0.4, -0.2) is 62.2 Å². The zero-order valence-electron chi connectivity index (χ0n) is 17.5. The number of anilines is 1. The van der Waals surface area contributed by atoms with Crippen molar-refractivity contribution in [3.05, 3.63) is 30.1 Å². The number of carbonyl (C=O) groups excluding carboxylic acids is 1. The molecule has 2 N–H and O–H groups in total. The summed E-state index contributed by atoms with van der Waals surface area (Å²) in [5.41, 5.74) is 0.487. The molecule has 0 atom stereocenters. The maximum atomic E-state index is 13.0. The maximum Gasteiger partial charge on any atom is 0.335 e. The number of nitrogens with zero attached hydrogens (tertiary/aromatic N) is 4. The third kappa shape index (κ3) is 4.88. The van der Waals surface area contributed by atoms with Crippen molar-refractivity contribution in [3.63, 3.8) is 0 Å². The van der Waals surface area contributed by atoms with Crippen LogP contribution in [0.3, 0.4) is 0 Å². The van der Waals surface area contributed by atoms with E-state index in [0.29, 0.717) is 12.3 Å². The summed E-state index contributed by atoms with van der Waals surface area (Å²) >= 11 is 0. The van der Waals surface area contributed by atoms with E-state index in [4.69, 9.17) is 9.47 Å². The first-order valence-electron chi connectivity index (χ1n) is 9.03. The van der Waals surface area contributed by atoms with Gasteiger partial charge in [0, 0.05) is 18.0 Å². The van der Waals surface area contributed by atoms with E-state index < -0.39 is 35.9 Å². The van der Waals surface area contributed by atoms with Crippen molar-refractivity contribution in [1.29, 1.82) is 0 Å². The van der Waals surface area contributed by atoms with Crippen LogP contribution in [0.2, 0.25) is 0 Å². The third-order valence-electron chi connectivity index (χ3n) is 3.93. The monoisotopic (exact) mass is 484 g/mol. The Balaban J connectivity index is 2.03. The van der Waals surface area contributed by atoms with Gasteiger partial charge in [-0.15, -0.1) is 0 Å². The topological polar surface area (TPSA) is 171 Å². The van der Waals surface area contributed by atoms with E-state index in [-0.39, 0.29) is 23.2 Å². The lowest BCUT2D eigenvalue weighted by atomic mass is 10.4. The van der Waals surface area contributed by atoms with Gasteiger partial charge in [0.05, 0.1) is 19.9 Å². The molecule has 0 aliphatic carbocycles. The lowest BCUT2D eigenvalue weighted by Gasteiger charge is -2.10. The number of urea groups is 1. The average Bonchev–Trinajstić information content (AvgIpc) is 3.07. The molecular weight excluding hydrogens is 464 g/mol. The largest absolute Gasteiger partial charge is 0.492 e. The van der Waals surface area contributed by atoms with Gasteiger partial charge in [-0.25, -0.2) is 27.9 Å². The van der Waals surface area contributed by atoms with Gasteiger partial charge in [0.25, 0.3) is 10.0 Å². The summed E-state index contributed by atoms with van der Waals surface area (Å²) in [5, 5.41) is 0.715. The molecule has 3 aromatic heterocycles. The number of hydrogen-bond donors (Lipinski definition) is 2. The normalized spacial score (nSPS) is 11.9. The molecule has 0 bridgehead atoms. The van der Waals surface area contributed by atoms with Crippen LogP contribution < -0.4 is 19.5 Å². The predicted octanol–water partition coefficient (Wildman–Crippen LogP) is 0.754. The van der Waals surface area contributed by atoms with Crippen LogP contribution in [0.15, 0.2) is 34.4 Å². The third-order valence-corrected chi connectivity index (χ3v) is 6.40. The minimum atomic E-state index is -4.72. The summed E-state index contributed by atoms with van der Waals surface area (Å²) in [6.45, 7) is 3.64. The van der Waals surface area contributed by atoms with Crippen molar-refractivity contribution in [2.75, 3.05) is 25.3 Å². The van der Waals surface area contributed by atoms with Crippen molar-refractivity contribution in [2.45, 2.75) is 23.9 Å². The van der Waals surface area contributed by atoms with Crippen LogP contribution in [0.4, 0.5) is 10.7 Å². The van der Waals surface area contributed by atoms with Crippen LogP contribution in [0.25, 0.3) is 5.65 Å². The number of ether oxygens (including phenoxy) is 2. The summed E-state index contributed by atoms with van der Waals surface area (Å²) in [5.74, 6) is 0.216. The predicted molar refractivity (Wildman–Crippen MR) is 112 cm³/mol. The number of nitrogens with one attached hydrogen (secondary N) is 2. The highest BCUT2D eigenvalue weighted by Gasteiger charge is 2.32. The van der Waals surface area contributed by atoms with Crippen molar-refractivity contribution in [2.24, 2.45) is 0 Å². The Hall–Kier alpha value is -3.46. The highest BCUT2D eigenvalue weighted by molar-refractivity contribution is 7.93. The molecule has 3 heterocycles. The van der Waals surface area contributed by atoms with E-state index in [9.17, 15) is 21.6 Å². The molecule has 13 nitrogen and oxygen atoms in total. The van der Waals surface area contributed by atoms with Crippen LogP contribution in [0.5, 0.6) is 11.6 Å². The minimum Gasteiger partial charge on any atom is -0.492 e. The van der Waals surface area contributed by atoms with Crippen molar-refractivity contribution in [3.8, 4) is 11.6 Å². The summed E-state index contributed by atoms with van der Waals surface area (Å²) in [6.07, 6.45) is 2.08. The summed E-state index contributed by atoms with van der Waals surface area (Å²) in [4.78, 5) is 24.1. The number of pyridine rings is 1. The van der Waals surface area contributed by atoms with Crippen molar-refractivity contribution >= 4 is 37.5 Å². The summed E-state index contributed by atoms with van der Waals surface area (Å²) in [6, 6.07) is 3.20. The number of sulfone groups is 1. The molecule has 0 fully saturated rings. The molecule has 172 valence electrons. The van der Waals surface area contributed by atoms with Gasteiger partial charge in [0.15, 0.2) is 19.9 Å². The highest BCUT2D eigenvalue weighted by atomic mass is 32.2. The second kappa shape index (κ2) is 8.58. The quantitative estimate of drug-likeness (QED) is 0.487. The van der Waals surface area contributed by atoms with Gasteiger partial charge in [-0.1, -0.05) is 0 Å². The lowest BCUT2D eigenvalue weighted by molar-refractivity contribution is 0.256. The second-order valence-corrected chi connectivity index (χ2v) is 9.98. The van der Waals surface area contributed by atoms with Crippen LogP contribution in [0, 0.1) is 6.92 Å². The number of carbonyl (C=O) groups is 1. The molecule has 0 aliphatic heterocycles. The number of aromatic nitrogens is 4. The maximum absolute atomic E-state index is 13.0. The number of hydrogen-bond acceptors (Lipinski definition) is 10. The molecule has 3 rings (SSSR count). The fourth-order valence-corrected chi connectivity index (χ4v) is 5.25. The molecule has 15 heteroatoms. The average molecular weight is 485 g/mol. The standard InChI is InChI=1S/C17H20N6O7S2/c1-5-30-11-6-7-12-19-14(31(4,25)26)15(23(12)9-11)32(27,28)22-17(24)21-16-18-10(2)8-13(20-16)29-3/h6-9H,5H2,1-4H3,(H2,18,20,21,22,24). The van der Waals surface area contributed by atoms with E-state index in [1.54, 1.807) is 18.6 Å². The molecule has 0 unspecified atom stereocenters. The highest BCUT2D eigenvalue weighted by Crippen LogP contribution is 2.25. The Labute approximate surface area is 183 Å². The number of rotatable bonds is 7. The first-order valence-corrected chi connectivity index (χ1v) is 12.4. The molecule has 0 saturated carbocycles. The van der Waals surface area contributed by atoms with Gasteiger partial charge < -0.3 is 9.47 Å². The van der Waals surface area contributed by atoms with E-state index in [1.807, 2.05) is 0 Å². The summed E-state index contributed by atoms with van der Waals surface area (Å²) < 4.78 is 63.6. The molecule has 0 aromatic carbocycles. The van der Waals surface area contributed by atoms with Crippen molar-refractivity contribution in [1.82, 2.24) is 24.1 Å². The van der Waals surface area contributed by atoms with Crippen LogP contribution in [-0.2, 0) is 19.9 Å². The van der Waals surface area contributed by atoms with Gasteiger partial charge in [-0.3, -0.25) is 9.72 Å². The Morgan fingerprint density at radius 2 is 1.88 bits per heavy atom. The Bertz CT molecular complexity index is 1400. The van der Waals surface area contributed by atoms with Gasteiger partial charge in [0.1, 0.15) is 11.4 Å². The number of methoxy groups -OCH3 is 1. The Morgan fingerprint density at radius 1 is 1.16 bits per heavy atom. The van der Waals surface area contributed by atoms with E-state index >= 15 is 0 Å². The molecule has 0 spiro atoms. The first kappa shape index (κ1) is 23.2. The smallest absolute Gasteiger partial charge is 0.335 e. The van der Waals surface area contributed by atoms with Gasteiger partial charge >= 0.3 is 6.03 Å². The zero-order chi connectivity index (χ0) is 23.7. The number of imidazole rings is 1. The van der Waals surface area contributed by atoms with Crippen LogP contribution in [0.1, 0.15) is 12.6 Å². The van der Waals surface area contributed by atoms with Crippen LogP contribution >= 0.6 is 0 Å². The minimum absolute atomic E-state index is 0.0291. The lowest BCUT2D eigenvalue weighted by Crippen LogP contribution is -2.36. The molecule has 0 aliphatic rings. The second-order valence-electron chi connectivity index (χ2n) is 6.46. The first-order chi connectivity index (χ1) is 14.9. The molecule has 2 amide bonds. The SMILES string of the molecule is CCOc1ccc2nc(S(C)(=O)=O)c(S(=O)(=O)NC(=O)Nc3nc(C)cc(OC)n3)n2c1. The van der Waals surface area contributed by atoms with E-state index in [0.717, 1.165) is 10.7 Å². The number of aryl methyl sites for hydroxylation is 1. The number of sulfonamides is 1. The van der Waals surface area contributed by atoms with Gasteiger partial charge in [-0.05, 0) is 26.0 Å².